The van der Waals surface area contributed by atoms with Gasteiger partial charge in [0.25, 0.3) is 6.43 Å². The zero-order valence-corrected chi connectivity index (χ0v) is 11.0. The van der Waals surface area contributed by atoms with Crippen LogP contribution >= 0.6 is 11.6 Å². The number of carbonyl (C=O) groups is 1. The van der Waals surface area contributed by atoms with Gasteiger partial charge in [0.2, 0.25) is 0 Å². The fraction of sp³-hybridized carbons (Fsp3) is 0.385. The van der Waals surface area contributed by atoms with Crippen molar-refractivity contribution >= 4 is 17.6 Å². The Kier molecular flexibility index (Phi) is 5.71. The van der Waals surface area contributed by atoms with Gasteiger partial charge in [0.1, 0.15) is 0 Å². The van der Waals surface area contributed by atoms with E-state index in [1.54, 1.807) is 13.0 Å². The molecule has 19 heavy (non-hydrogen) atoms. The number of alkyl halides is 3. The lowest BCUT2D eigenvalue weighted by Gasteiger charge is -2.12. The van der Waals surface area contributed by atoms with E-state index in [9.17, 15) is 13.6 Å². The summed E-state index contributed by atoms with van der Waals surface area (Å²) in [6.45, 7) is 1.84. The zero-order valence-electron chi connectivity index (χ0n) is 10.3. The van der Waals surface area contributed by atoms with E-state index in [4.69, 9.17) is 21.6 Å². The van der Waals surface area contributed by atoms with Crippen molar-refractivity contribution in [1.82, 2.24) is 0 Å². The molecular formula is C13H12ClF2NO2. The first-order valence-corrected chi connectivity index (χ1v) is 6.13. The molecule has 0 aliphatic heterocycles. The lowest BCUT2D eigenvalue weighted by Crippen LogP contribution is -2.10. The largest absolute Gasteiger partial charge is 0.466 e. The first-order valence-electron chi connectivity index (χ1n) is 5.59. The predicted molar refractivity (Wildman–Crippen MR) is 66.0 cm³/mol. The van der Waals surface area contributed by atoms with Crippen LogP contribution in [-0.4, -0.2) is 12.6 Å². The molecule has 1 rings (SSSR count). The Morgan fingerprint density at radius 3 is 2.58 bits per heavy atom. The van der Waals surface area contributed by atoms with Crippen LogP contribution in [0.5, 0.6) is 0 Å². The minimum Gasteiger partial charge on any atom is -0.466 e. The summed E-state index contributed by atoms with van der Waals surface area (Å²) < 4.78 is 30.7. The molecule has 1 aromatic carbocycles. The molecule has 0 heterocycles. The van der Waals surface area contributed by atoms with Gasteiger partial charge in [-0.2, -0.15) is 5.26 Å². The monoisotopic (exact) mass is 287 g/mol. The molecule has 0 bridgehead atoms. The van der Waals surface area contributed by atoms with Crippen molar-refractivity contribution in [3.8, 4) is 6.07 Å². The van der Waals surface area contributed by atoms with Crippen molar-refractivity contribution in [2.45, 2.75) is 25.7 Å². The van der Waals surface area contributed by atoms with Crippen LogP contribution in [-0.2, 0) is 21.8 Å². The van der Waals surface area contributed by atoms with Gasteiger partial charge in [-0.05, 0) is 18.1 Å². The van der Waals surface area contributed by atoms with Gasteiger partial charge >= 0.3 is 5.97 Å². The van der Waals surface area contributed by atoms with Crippen molar-refractivity contribution in [3.63, 3.8) is 0 Å². The number of hydrogen-bond acceptors (Lipinski definition) is 3. The normalized spacial score (nSPS) is 10.3. The van der Waals surface area contributed by atoms with Crippen LogP contribution in [0.25, 0.3) is 0 Å². The van der Waals surface area contributed by atoms with E-state index in [0.717, 1.165) is 0 Å². The maximum Gasteiger partial charge on any atom is 0.310 e. The summed E-state index contributed by atoms with van der Waals surface area (Å²) in [5.74, 6) is -0.675. The number of carbonyl (C=O) groups excluding carboxylic acids is 1. The summed E-state index contributed by atoms with van der Waals surface area (Å²) in [6.07, 6.45) is -3.02. The van der Waals surface area contributed by atoms with Crippen LogP contribution in [0.15, 0.2) is 12.1 Å². The van der Waals surface area contributed by atoms with Crippen LogP contribution in [0.2, 0.25) is 0 Å². The van der Waals surface area contributed by atoms with Crippen LogP contribution < -0.4 is 0 Å². The first kappa shape index (κ1) is 15.4. The van der Waals surface area contributed by atoms with Gasteiger partial charge in [0.05, 0.1) is 24.7 Å². The van der Waals surface area contributed by atoms with Crippen LogP contribution in [0.3, 0.4) is 0 Å². The lowest BCUT2D eigenvalue weighted by molar-refractivity contribution is -0.142. The zero-order chi connectivity index (χ0) is 14.4. The maximum atomic E-state index is 13.0. The molecule has 0 aromatic heterocycles. The number of rotatable bonds is 5. The van der Waals surface area contributed by atoms with Crippen molar-refractivity contribution in [2.75, 3.05) is 6.61 Å². The highest BCUT2D eigenvalue weighted by molar-refractivity contribution is 6.17. The summed E-state index contributed by atoms with van der Waals surface area (Å²) in [5.41, 5.74) is -0.175. The Labute approximate surface area is 114 Å². The Morgan fingerprint density at radius 1 is 1.47 bits per heavy atom. The molecule has 0 aliphatic carbocycles. The van der Waals surface area contributed by atoms with E-state index in [0.29, 0.717) is 0 Å². The average molecular weight is 288 g/mol. The SMILES string of the molecule is CCOC(=O)Cc1ccc(CCl)c(C(F)F)c1C#N. The third-order valence-corrected chi connectivity index (χ3v) is 2.82. The number of halogens is 3. The number of nitriles is 1. The highest BCUT2D eigenvalue weighted by Gasteiger charge is 2.21. The Morgan fingerprint density at radius 2 is 2.11 bits per heavy atom. The first-order chi connectivity index (χ1) is 9.04. The molecule has 0 N–H and O–H groups in total. The van der Waals surface area contributed by atoms with E-state index in [1.165, 1.54) is 12.1 Å². The molecule has 3 nitrogen and oxygen atoms in total. The van der Waals surface area contributed by atoms with E-state index < -0.39 is 18.0 Å². The highest BCUT2D eigenvalue weighted by Crippen LogP contribution is 2.30. The second kappa shape index (κ2) is 7.05. The molecule has 0 aliphatic rings. The fourth-order valence-electron chi connectivity index (χ4n) is 1.72. The molecule has 0 radical (unpaired) electrons. The van der Waals surface area contributed by atoms with Crippen molar-refractivity contribution in [2.24, 2.45) is 0 Å². The summed E-state index contributed by atoms with van der Waals surface area (Å²) in [6, 6.07) is 4.59. The quantitative estimate of drug-likeness (QED) is 0.616. The standard InChI is InChI=1S/C13H12ClF2NO2/c1-2-19-11(18)5-8-3-4-9(6-14)12(13(15)16)10(8)7-17/h3-4,13H,2,5-6H2,1H3. The minimum atomic E-state index is -2.81. The number of hydrogen-bond donors (Lipinski definition) is 0. The lowest BCUT2D eigenvalue weighted by atomic mass is 9.96. The Hall–Kier alpha value is -1.67. The smallest absolute Gasteiger partial charge is 0.310 e. The van der Waals surface area contributed by atoms with Gasteiger partial charge in [-0.25, -0.2) is 8.78 Å². The molecule has 102 valence electrons. The molecule has 0 spiro atoms. The van der Waals surface area contributed by atoms with Gasteiger partial charge in [0.15, 0.2) is 0 Å². The molecule has 6 heteroatoms. The average Bonchev–Trinajstić information content (AvgIpc) is 2.38. The van der Waals surface area contributed by atoms with Crippen LogP contribution in [0.1, 0.15) is 35.6 Å². The summed E-state index contributed by atoms with van der Waals surface area (Å²) in [7, 11) is 0. The van der Waals surface area contributed by atoms with Gasteiger partial charge in [-0.15, -0.1) is 11.6 Å². The van der Waals surface area contributed by atoms with Crippen molar-refractivity contribution in [3.05, 3.63) is 34.4 Å². The number of nitrogens with zero attached hydrogens (tertiary/aromatic N) is 1. The number of benzene rings is 1. The molecule has 0 saturated heterocycles. The van der Waals surface area contributed by atoms with Crippen LogP contribution in [0, 0.1) is 11.3 Å². The summed E-state index contributed by atoms with van der Waals surface area (Å²) >= 11 is 5.58. The van der Waals surface area contributed by atoms with E-state index in [2.05, 4.69) is 0 Å². The van der Waals surface area contributed by atoms with Crippen LogP contribution in [0.4, 0.5) is 8.78 Å². The van der Waals surface area contributed by atoms with E-state index >= 15 is 0 Å². The van der Waals surface area contributed by atoms with Gasteiger partial charge in [0, 0.05) is 11.4 Å². The van der Waals surface area contributed by atoms with Gasteiger partial charge in [-0.3, -0.25) is 4.79 Å². The second-order valence-corrected chi connectivity index (χ2v) is 3.97. The fourth-order valence-corrected chi connectivity index (χ4v) is 1.95. The third kappa shape index (κ3) is 3.65. The Balaban J connectivity index is 3.24. The molecule has 0 amide bonds. The van der Waals surface area contributed by atoms with E-state index in [-0.39, 0.29) is 35.6 Å². The van der Waals surface area contributed by atoms with E-state index in [1.807, 2.05) is 0 Å². The molecule has 0 saturated carbocycles. The predicted octanol–water partition coefficient (Wildman–Crippen LogP) is 3.34. The maximum absolute atomic E-state index is 13.0. The second-order valence-electron chi connectivity index (χ2n) is 3.70. The number of ether oxygens (including phenoxy) is 1. The molecular weight excluding hydrogens is 276 g/mol. The highest BCUT2D eigenvalue weighted by atomic mass is 35.5. The Bertz CT molecular complexity index is 512. The van der Waals surface area contributed by atoms with Gasteiger partial charge in [-0.1, -0.05) is 12.1 Å². The van der Waals surface area contributed by atoms with Crippen molar-refractivity contribution in [1.29, 1.82) is 5.26 Å². The van der Waals surface area contributed by atoms with Crippen molar-refractivity contribution < 1.29 is 18.3 Å². The minimum absolute atomic E-state index is 0.117. The summed E-state index contributed by atoms with van der Waals surface area (Å²) in [5, 5.41) is 9.03. The molecule has 0 fully saturated rings. The topological polar surface area (TPSA) is 50.1 Å². The molecule has 0 atom stereocenters. The third-order valence-electron chi connectivity index (χ3n) is 2.54. The number of esters is 1. The molecule has 1 aromatic rings. The molecule has 0 unspecified atom stereocenters. The van der Waals surface area contributed by atoms with Gasteiger partial charge < -0.3 is 4.74 Å². The summed E-state index contributed by atoms with van der Waals surface area (Å²) in [4.78, 5) is 11.4.